The van der Waals surface area contributed by atoms with Gasteiger partial charge in [0.1, 0.15) is 11.6 Å². The fraction of sp³-hybridized carbons (Fsp3) is 0.250. The molecule has 1 aliphatic carbocycles. The lowest BCUT2D eigenvalue weighted by Gasteiger charge is -2.14. The number of aryl methyl sites for hydroxylation is 2. The van der Waals surface area contributed by atoms with E-state index in [4.69, 9.17) is 4.74 Å². The molecular formula is C16H16FNO3S. The first-order valence-corrected chi connectivity index (χ1v) is 8.87. The van der Waals surface area contributed by atoms with E-state index in [9.17, 15) is 12.8 Å². The Kier molecular flexibility index (Phi) is 3.78. The number of anilines is 1. The third-order valence-corrected chi connectivity index (χ3v) is 4.10. The van der Waals surface area contributed by atoms with Gasteiger partial charge in [0.25, 0.3) is 0 Å². The first-order valence-electron chi connectivity index (χ1n) is 6.98. The van der Waals surface area contributed by atoms with Gasteiger partial charge in [0, 0.05) is 6.07 Å². The van der Waals surface area contributed by atoms with Gasteiger partial charge in [-0.05, 0) is 54.7 Å². The van der Waals surface area contributed by atoms with Gasteiger partial charge in [-0.3, -0.25) is 4.72 Å². The Bertz CT molecular complexity index is 818. The van der Waals surface area contributed by atoms with Crippen LogP contribution in [0.3, 0.4) is 0 Å². The number of benzene rings is 2. The number of fused-ring (bicyclic) bond motifs is 1. The summed E-state index contributed by atoms with van der Waals surface area (Å²) in [4.78, 5) is 0. The van der Waals surface area contributed by atoms with Gasteiger partial charge in [0.15, 0.2) is 5.75 Å². The van der Waals surface area contributed by atoms with Crippen LogP contribution in [0.5, 0.6) is 11.5 Å². The SMILES string of the molecule is CS(=O)(=O)Nc1cc2c(cc1Oc1cccc(F)c1)CCC2. The molecule has 0 atom stereocenters. The molecule has 1 aliphatic rings. The molecule has 0 amide bonds. The van der Waals surface area contributed by atoms with E-state index in [1.807, 2.05) is 6.07 Å². The van der Waals surface area contributed by atoms with Crippen LogP contribution in [0.2, 0.25) is 0 Å². The molecule has 3 rings (SSSR count). The second kappa shape index (κ2) is 5.61. The Morgan fingerprint density at radius 1 is 1.14 bits per heavy atom. The highest BCUT2D eigenvalue weighted by Gasteiger charge is 2.18. The maximum absolute atomic E-state index is 13.3. The molecule has 0 bridgehead atoms. The van der Waals surface area contributed by atoms with Crippen molar-refractivity contribution in [2.75, 3.05) is 11.0 Å². The van der Waals surface area contributed by atoms with Crippen molar-refractivity contribution in [3.8, 4) is 11.5 Å². The van der Waals surface area contributed by atoms with Crippen molar-refractivity contribution in [2.24, 2.45) is 0 Å². The van der Waals surface area contributed by atoms with E-state index < -0.39 is 15.8 Å². The predicted molar refractivity (Wildman–Crippen MR) is 83.4 cm³/mol. The van der Waals surface area contributed by atoms with E-state index in [2.05, 4.69) is 4.72 Å². The van der Waals surface area contributed by atoms with Crippen molar-refractivity contribution in [2.45, 2.75) is 19.3 Å². The highest BCUT2D eigenvalue weighted by Crippen LogP contribution is 2.36. The lowest BCUT2D eigenvalue weighted by Crippen LogP contribution is -2.11. The van der Waals surface area contributed by atoms with Crippen LogP contribution in [0.15, 0.2) is 36.4 Å². The van der Waals surface area contributed by atoms with Gasteiger partial charge in [-0.15, -0.1) is 0 Å². The van der Waals surface area contributed by atoms with E-state index in [0.717, 1.165) is 36.6 Å². The monoisotopic (exact) mass is 321 g/mol. The van der Waals surface area contributed by atoms with Crippen LogP contribution in [-0.4, -0.2) is 14.7 Å². The third kappa shape index (κ3) is 3.39. The standard InChI is InChI=1S/C16H16FNO3S/c1-22(19,20)18-15-8-11-4-2-5-12(11)9-16(15)21-14-7-3-6-13(17)10-14/h3,6-10,18H,2,4-5H2,1H3. The molecule has 0 fully saturated rings. The predicted octanol–water partition coefficient (Wildman–Crippen LogP) is 3.48. The molecular weight excluding hydrogens is 305 g/mol. The van der Waals surface area contributed by atoms with Crippen molar-refractivity contribution >= 4 is 15.7 Å². The van der Waals surface area contributed by atoms with Gasteiger partial charge >= 0.3 is 0 Å². The molecule has 6 heteroatoms. The molecule has 0 aromatic heterocycles. The van der Waals surface area contributed by atoms with Crippen molar-refractivity contribution in [3.63, 3.8) is 0 Å². The number of hydrogen-bond donors (Lipinski definition) is 1. The maximum atomic E-state index is 13.3. The molecule has 22 heavy (non-hydrogen) atoms. The van der Waals surface area contributed by atoms with Gasteiger partial charge in [0.2, 0.25) is 10.0 Å². The van der Waals surface area contributed by atoms with Crippen molar-refractivity contribution in [1.29, 1.82) is 0 Å². The van der Waals surface area contributed by atoms with E-state index in [-0.39, 0.29) is 0 Å². The molecule has 0 radical (unpaired) electrons. The molecule has 0 saturated carbocycles. The number of hydrogen-bond acceptors (Lipinski definition) is 3. The van der Waals surface area contributed by atoms with E-state index in [1.54, 1.807) is 18.2 Å². The molecule has 116 valence electrons. The van der Waals surface area contributed by atoms with E-state index in [1.165, 1.54) is 12.1 Å². The summed E-state index contributed by atoms with van der Waals surface area (Å²) in [5.41, 5.74) is 2.65. The summed E-state index contributed by atoms with van der Waals surface area (Å²) in [7, 11) is -3.42. The van der Waals surface area contributed by atoms with Crippen LogP contribution in [0.1, 0.15) is 17.5 Å². The topological polar surface area (TPSA) is 55.4 Å². The van der Waals surface area contributed by atoms with Gasteiger partial charge in [-0.2, -0.15) is 0 Å². The second-order valence-electron chi connectivity index (χ2n) is 5.40. The largest absolute Gasteiger partial charge is 0.455 e. The Hall–Kier alpha value is -2.08. The first-order chi connectivity index (χ1) is 10.4. The summed E-state index contributed by atoms with van der Waals surface area (Å²) in [6, 6.07) is 9.39. The number of sulfonamides is 1. The summed E-state index contributed by atoms with van der Waals surface area (Å²) in [5, 5.41) is 0. The normalized spacial score (nSPS) is 13.7. The molecule has 2 aromatic carbocycles. The van der Waals surface area contributed by atoms with Crippen molar-refractivity contribution < 1.29 is 17.5 Å². The lowest BCUT2D eigenvalue weighted by molar-refractivity contribution is 0.478. The maximum Gasteiger partial charge on any atom is 0.229 e. The fourth-order valence-electron chi connectivity index (χ4n) is 2.62. The molecule has 0 heterocycles. The van der Waals surface area contributed by atoms with Crippen LogP contribution in [0.4, 0.5) is 10.1 Å². The zero-order valence-corrected chi connectivity index (χ0v) is 12.9. The molecule has 4 nitrogen and oxygen atoms in total. The van der Waals surface area contributed by atoms with E-state index in [0.29, 0.717) is 17.2 Å². The molecule has 0 saturated heterocycles. The first kappa shape index (κ1) is 14.8. The zero-order valence-electron chi connectivity index (χ0n) is 12.1. The van der Waals surface area contributed by atoms with Gasteiger partial charge in [-0.25, -0.2) is 12.8 Å². The highest BCUT2D eigenvalue weighted by atomic mass is 32.2. The zero-order chi connectivity index (χ0) is 15.7. The summed E-state index contributed by atoms with van der Waals surface area (Å²) in [6.07, 6.45) is 3.99. The van der Waals surface area contributed by atoms with Gasteiger partial charge in [-0.1, -0.05) is 6.07 Å². The number of rotatable bonds is 4. The Labute approximate surface area is 129 Å². The molecule has 2 aromatic rings. The molecule has 0 spiro atoms. The second-order valence-corrected chi connectivity index (χ2v) is 7.15. The van der Waals surface area contributed by atoms with Crippen molar-refractivity contribution in [1.82, 2.24) is 0 Å². The van der Waals surface area contributed by atoms with Gasteiger partial charge < -0.3 is 4.74 Å². The Balaban J connectivity index is 2.01. The van der Waals surface area contributed by atoms with Crippen LogP contribution < -0.4 is 9.46 Å². The third-order valence-electron chi connectivity index (χ3n) is 3.51. The number of halogens is 1. The fourth-order valence-corrected chi connectivity index (χ4v) is 3.18. The highest BCUT2D eigenvalue weighted by molar-refractivity contribution is 7.92. The van der Waals surface area contributed by atoms with Crippen LogP contribution in [-0.2, 0) is 22.9 Å². The summed E-state index contributed by atoms with van der Waals surface area (Å²) < 4.78 is 44.5. The quantitative estimate of drug-likeness (QED) is 0.938. The average molecular weight is 321 g/mol. The van der Waals surface area contributed by atoms with Crippen LogP contribution >= 0.6 is 0 Å². The summed E-state index contributed by atoms with van der Waals surface area (Å²) in [6.45, 7) is 0. The minimum absolute atomic E-state index is 0.328. The lowest BCUT2D eigenvalue weighted by atomic mass is 10.1. The average Bonchev–Trinajstić information content (AvgIpc) is 2.84. The van der Waals surface area contributed by atoms with Crippen LogP contribution in [0, 0.1) is 5.82 Å². The molecule has 1 N–H and O–H groups in total. The number of ether oxygens (including phenoxy) is 1. The summed E-state index contributed by atoms with van der Waals surface area (Å²) >= 11 is 0. The summed E-state index contributed by atoms with van der Waals surface area (Å²) in [5.74, 6) is 0.308. The smallest absolute Gasteiger partial charge is 0.229 e. The minimum Gasteiger partial charge on any atom is -0.455 e. The Morgan fingerprint density at radius 3 is 2.55 bits per heavy atom. The number of nitrogens with one attached hydrogen (secondary N) is 1. The molecule has 0 aliphatic heterocycles. The van der Waals surface area contributed by atoms with Crippen molar-refractivity contribution in [3.05, 3.63) is 53.3 Å². The van der Waals surface area contributed by atoms with E-state index >= 15 is 0 Å². The van der Waals surface area contributed by atoms with Crippen LogP contribution in [0.25, 0.3) is 0 Å². The molecule has 0 unspecified atom stereocenters. The van der Waals surface area contributed by atoms with Gasteiger partial charge in [0.05, 0.1) is 11.9 Å². The Morgan fingerprint density at radius 2 is 1.86 bits per heavy atom. The minimum atomic E-state index is -3.42.